The smallest absolute Gasteiger partial charge is 0.358 e. The average molecular weight is 346 g/mol. The first kappa shape index (κ1) is 17.1. The van der Waals surface area contributed by atoms with Crippen molar-refractivity contribution in [2.24, 2.45) is 5.92 Å². The SMILES string of the molecule is CC(C)n1cc(C(=O)N2CCC[C@@H](Cn3cc(C(=O)O)nn3)C2)cn1. The molecule has 3 heterocycles. The van der Waals surface area contributed by atoms with Gasteiger partial charge in [-0.15, -0.1) is 5.10 Å². The highest BCUT2D eigenvalue weighted by Gasteiger charge is 2.26. The van der Waals surface area contributed by atoms with Crippen LogP contribution in [0.15, 0.2) is 18.6 Å². The summed E-state index contributed by atoms with van der Waals surface area (Å²) in [6.07, 6.45) is 6.71. The van der Waals surface area contributed by atoms with Crippen molar-refractivity contribution in [2.75, 3.05) is 13.1 Å². The molecular weight excluding hydrogens is 324 g/mol. The number of hydrogen-bond donors (Lipinski definition) is 1. The normalized spacial score (nSPS) is 17.9. The third-order valence-electron chi connectivity index (χ3n) is 4.39. The van der Waals surface area contributed by atoms with Crippen molar-refractivity contribution >= 4 is 11.9 Å². The molecule has 0 saturated carbocycles. The summed E-state index contributed by atoms with van der Waals surface area (Å²) in [6, 6.07) is 0.214. The van der Waals surface area contributed by atoms with E-state index in [0.717, 1.165) is 19.4 Å². The molecule has 3 rings (SSSR count). The number of amides is 1. The first-order valence-electron chi connectivity index (χ1n) is 8.41. The van der Waals surface area contributed by atoms with Gasteiger partial charge in [0.1, 0.15) is 0 Å². The number of hydrogen-bond acceptors (Lipinski definition) is 5. The van der Waals surface area contributed by atoms with Gasteiger partial charge in [-0.05, 0) is 32.6 Å². The van der Waals surface area contributed by atoms with E-state index in [2.05, 4.69) is 15.4 Å². The number of carbonyl (C=O) groups is 2. The number of carboxylic acid groups (broad SMARTS) is 1. The van der Waals surface area contributed by atoms with Gasteiger partial charge in [-0.1, -0.05) is 5.21 Å². The van der Waals surface area contributed by atoms with E-state index in [4.69, 9.17) is 5.11 Å². The summed E-state index contributed by atoms with van der Waals surface area (Å²) >= 11 is 0. The number of aromatic carboxylic acids is 1. The summed E-state index contributed by atoms with van der Waals surface area (Å²) in [5, 5.41) is 20.6. The zero-order valence-corrected chi connectivity index (χ0v) is 14.4. The Balaban J connectivity index is 1.63. The van der Waals surface area contributed by atoms with Gasteiger partial charge in [0.15, 0.2) is 5.69 Å². The molecule has 9 nitrogen and oxygen atoms in total. The zero-order chi connectivity index (χ0) is 18.0. The van der Waals surface area contributed by atoms with Gasteiger partial charge >= 0.3 is 5.97 Å². The van der Waals surface area contributed by atoms with E-state index < -0.39 is 5.97 Å². The summed E-state index contributed by atoms with van der Waals surface area (Å²) in [4.78, 5) is 25.4. The third kappa shape index (κ3) is 3.86. The molecule has 1 aliphatic rings. The minimum Gasteiger partial charge on any atom is -0.476 e. The summed E-state index contributed by atoms with van der Waals surface area (Å²) in [6.45, 7) is 5.92. The first-order chi connectivity index (χ1) is 11.9. The molecule has 134 valence electrons. The van der Waals surface area contributed by atoms with Crippen LogP contribution in [0.3, 0.4) is 0 Å². The summed E-state index contributed by atoms with van der Waals surface area (Å²) < 4.78 is 3.32. The molecule has 25 heavy (non-hydrogen) atoms. The van der Waals surface area contributed by atoms with E-state index in [0.29, 0.717) is 18.7 Å². The second kappa shape index (κ2) is 7.04. The fourth-order valence-corrected chi connectivity index (χ4v) is 3.06. The van der Waals surface area contributed by atoms with Crippen LogP contribution in [0.25, 0.3) is 0 Å². The maximum Gasteiger partial charge on any atom is 0.358 e. The van der Waals surface area contributed by atoms with Crippen LogP contribution in [-0.4, -0.2) is 59.7 Å². The summed E-state index contributed by atoms with van der Waals surface area (Å²) in [5.41, 5.74) is 0.535. The molecule has 1 N–H and O–H groups in total. The van der Waals surface area contributed by atoms with Gasteiger partial charge in [0, 0.05) is 31.9 Å². The van der Waals surface area contributed by atoms with E-state index in [1.54, 1.807) is 21.8 Å². The minimum atomic E-state index is -1.09. The van der Waals surface area contributed by atoms with Crippen molar-refractivity contribution in [2.45, 2.75) is 39.3 Å². The Morgan fingerprint density at radius 3 is 2.80 bits per heavy atom. The zero-order valence-electron chi connectivity index (χ0n) is 14.4. The highest BCUT2D eigenvalue weighted by Crippen LogP contribution is 2.20. The number of likely N-dealkylation sites (tertiary alicyclic amines) is 1. The molecule has 0 unspecified atom stereocenters. The van der Waals surface area contributed by atoms with Crippen molar-refractivity contribution in [3.05, 3.63) is 29.8 Å². The number of aromatic nitrogens is 5. The van der Waals surface area contributed by atoms with Crippen LogP contribution in [-0.2, 0) is 6.54 Å². The molecule has 1 aliphatic heterocycles. The minimum absolute atomic E-state index is 0.0126. The Morgan fingerprint density at radius 2 is 2.16 bits per heavy atom. The number of piperidine rings is 1. The molecule has 9 heteroatoms. The Bertz CT molecular complexity index is 766. The Hall–Kier alpha value is -2.71. The Morgan fingerprint density at radius 1 is 1.36 bits per heavy atom. The number of carboxylic acids is 1. The molecule has 0 aromatic carbocycles. The van der Waals surface area contributed by atoms with Crippen molar-refractivity contribution in [3.8, 4) is 0 Å². The maximum absolute atomic E-state index is 12.7. The van der Waals surface area contributed by atoms with E-state index in [-0.39, 0.29) is 23.6 Å². The first-order valence-corrected chi connectivity index (χ1v) is 8.41. The van der Waals surface area contributed by atoms with Gasteiger partial charge in [0.2, 0.25) is 0 Å². The van der Waals surface area contributed by atoms with Crippen LogP contribution in [0.5, 0.6) is 0 Å². The van der Waals surface area contributed by atoms with Gasteiger partial charge < -0.3 is 10.0 Å². The fourth-order valence-electron chi connectivity index (χ4n) is 3.06. The largest absolute Gasteiger partial charge is 0.476 e. The predicted molar refractivity (Wildman–Crippen MR) is 88.2 cm³/mol. The van der Waals surface area contributed by atoms with Crippen molar-refractivity contribution in [1.82, 2.24) is 29.7 Å². The van der Waals surface area contributed by atoms with Crippen LogP contribution >= 0.6 is 0 Å². The molecule has 0 aliphatic carbocycles. The average Bonchev–Trinajstić information content (AvgIpc) is 3.24. The van der Waals surface area contributed by atoms with Gasteiger partial charge in [-0.25, -0.2) is 4.79 Å². The molecule has 0 bridgehead atoms. The second-order valence-corrected chi connectivity index (χ2v) is 6.69. The van der Waals surface area contributed by atoms with Crippen LogP contribution in [0.2, 0.25) is 0 Å². The van der Waals surface area contributed by atoms with Crippen LogP contribution in [0.1, 0.15) is 53.6 Å². The lowest BCUT2D eigenvalue weighted by atomic mass is 9.97. The van der Waals surface area contributed by atoms with Gasteiger partial charge in [-0.2, -0.15) is 5.10 Å². The van der Waals surface area contributed by atoms with Crippen LogP contribution < -0.4 is 0 Å². The number of rotatable bonds is 5. The Labute approximate surface area is 145 Å². The molecular formula is C16H22N6O3. The molecule has 0 radical (unpaired) electrons. The van der Waals surface area contributed by atoms with Crippen molar-refractivity contribution in [3.63, 3.8) is 0 Å². The molecule has 0 spiro atoms. The number of nitrogens with zero attached hydrogens (tertiary/aromatic N) is 6. The lowest BCUT2D eigenvalue weighted by Crippen LogP contribution is -2.41. The van der Waals surface area contributed by atoms with Crippen LogP contribution in [0.4, 0.5) is 0 Å². The van der Waals surface area contributed by atoms with Gasteiger partial charge in [-0.3, -0.25) is 14.2 Å². The van der Waals surface area contributed by atoms with Gasteiger partial charge in [0.05, 0.1) is 18.0 Å². The van der Waals surface area contributed by atoms with E-state index in [9.17, 15) is 9.59 Å². The van der Waals surface area contributed by atoms with Crippen molar-refractivity contribution < 1.29 is 14.7 Å². The highest BCUT2D eigenvalue weighted by atomic mass is 16.4. The monoisotopic (exact) mass is 346 g/mol. The molecule has 1 amide bonds. The maximum atomic E-state index is 12.7. The van der Waals surface area contributed by atoms with Crippen LogP contribution in [0, 0.1) is 5.92 Å². The molecule has 2 aromatic rings. The van der Waals surface area contributed by atoms with Crippen molar-refractivity contribution in [1.29, 1.82) is 0 Å². The fraction of sp³-hybridized carbons (Fsp3) is 0.562. The summed E-state index contributed by atoms with van der Waals surface area (Å²) in [7, 11) is 0. The highest BCUT2D eigenvalue weighted by molar-refractivity contribution is 5.93. The van der Waals surface area contributed by atoms with E-state index >= 15 is 0 Å². The summed E-state index contributed by atoms with van der Waals surface area (Å²) in [5.74, 6) is -0.878. The number of carbonyl (C=O) groups excluding carboxylic acids is 1. The quantitative estimate of drug-likeness (QED) is 0.875. The topological polar surface area (TPSA) is 106 Å². The molecule has 1 atom stereocenters. The second-order valence-electron chi connectivity index (χ2n) is 6.69. The lowest BCUT2D eigenvalue weighted by Gasteiger charge is -2.32. The van der Waals surface area contributed by atoms with E-state index in [1.807, 2.05) is 18.7 Å². The third-order valence-corrected chi connectivity index (χ3v) is 4.39. The predicted octanol–water partition coefficient (Wildman–Crippen LogP) is 1.31. The standard InChI is InChI=1S/C16H22N6O3/c1-11(2)22-9-13(6-17-22)15(23)20-5-3-4-12(7-20)8-21-10-14(16(24)25)18-19-21/h6,9-12H,3-5,7-8H2,1-2H3,(H,24,25)/t12-/m1/s1. The molecule has 1 fully saturated rings. The van der Waals surface area contributed by atoms with Gasteiger partial charge in [0.25, 0.3) is 5.91 Å². The molecule has 2 aromatic heterocycles. The Kier molecular flexibility index (Phi) is 4.82. The van der Waals surface area contributed by atoms with E-state index in [1.165, 1.54) is 6.20 Å². The lowest BCUT2D eigenvalue weighted by molar-refractivity contribution is 0.0658. The molecule has 1 saturated heterocycles.